The molecule has 0 fully saturated rings. The van der Waals surface area contributed by atoms with Crippen molar-refractivity contribution in [1.82, 2.24) is 0 Å². The van der Waals surface area contributed by atoms with Crippen molar-refractivity contribution in [2.75, 3.05) is 6.54 Å². The molecule has 1 heterocycles. The van der Waals surface area contributed by atoms with E-state index in [9.17, 15) is 4.79 Å². The average molecular weight is 187 g/mol. The van der Waals surface area contributed by atoms with Crippen LogP contribution in [-0.2, 0) is 4.79 Å². The van der Waals surface area contributed by atoms with E-state index >= 15 is 0 Å². The van der Waals surface area contributed by atoms with Crippen LogP contribution in [0.25, 0.3) is 0 Å². The van der Waals surface area contributed by atoms with Gasteiger partial charge < -0.3 is 5.11 Å². The largest absolute Gasteiger partial charge is 0.480 e. The Kier molecular flexibility index (Phi) is 2.46. The van der Waals surface area contributed by atoms with Gasteiger partial charge in [-0.05, 0) is 0 Å². The van der Waals surface area contributed by atoms with Crippen molar-refractivity contribution < 1.29 is 9.90 Å². The summed E-state index contributed by atoms with van der Waals surface area (Å²) in [5, 5.41) is 9.29. The van der Waals surface area contributed by atoms with Gasteiger partial charge in [0.25, 0.3) is 0 Å². The van der Waals surface area contributed by atoms with Crippen LogP contribution < -0.4 is 0 Å². The van der Waals surface area contributed by atoms with Crippen molar-refractivity contribution in [3.05, 3.63) is 0 Å². The van der Waals surface area contributed by atoms with Gasteiger partial charge in [0.05, 0.1) is 11.6 Å². The third-order valence-corrected chi connectivity index (χ3v) is 3.17. The molecule has 0 spiro atoms. The quantitative estimate of drug-likeness (QED) is 0.678. The summed E-state index contributed by atoms with van der Waals surface area (Å²) in [6.45, 7) is 6.56. The smallest absolute Gasteiger partial charge is 0.318 e. The number of rotatable bonds is 1. The van der Waals surface area contributed by atoms with E-state index in [0.29, 0.717) is 6.54 Å². The lowest BCUT2D eigenvalue weighted by Crippen LogP contribution is -2.19. The van der Waals surface area contributed by atoms with E-state index in [4.69, 9.17) is 5.11 Å². The minimum Gasteiger partial charge on any atom is -0.480 e. The van der Waals surface area contributed by atoms with E-state index in [2.05, 4.69) is 4.99 Å². The molecule has 1 atom stereocenters. The highest BCUT2D eigenvalue weighted by Gasteiger charge is 2.31. The normalized spacial score (nSPS) is 23.9. The molecular weight excluding hydrogens is 174 g/mol. The third kappa shape index (κ3) is 2.00. The maximum absolute atomic E-state index is 10.6. The third-order valence-electron chi connectivity index (χ3n) is 1.57. The van der Waals surface area contributed by atoms with E-state index in [-0.39, 0.29) is 10.7 Å². The monoisotopic (exact) mass is 187 g/mol. The van der Waals surface area contributed by atoms with E-state index < -0.39 is 5.97 Å². The van der Waals surface area contributed by atoms with Crippen LogP contribution in [0.2, 0.25) is 0 Å². The van der Waals surface area contributed by atoms with Gasteiger partial charge in [0.15, 0.2) is 0 Å². The van der Waals surface area contributed by atoms with Crippen LogP contribution >= 0.6 is 11.8 Å². The Morgan fingerprint density at radius 2 is 2.25 bits per heavy atom. The maximum Gasteiger partial charge on any atom is 0.318 e. The number of nitrogens with zero attached hydrogens (tertiary/aromatic N) is 1. The predicted molar refractivity (Wildman–Crippen MR) is 50.8 cm³/mol. The molecule has 68 valence electrons. The molecule has 12 heavy (non-hydrogen) atoms. The molecule has 1 rings (SSSR count). The molecule has 0 amide bonds. The first-order valence-corrected chi connectivity index (χ1v) is 4.73. The van der Waals surface area contributed by atoms with Gasteiger partial charge in [0.2, 0.25) is 0 Å². The van der Waals surface area contributed by atoms with Crippen molar-refractivity contribution in [3.63, 3.8) is 0 Å². The number of hydrogen-bond acceptors (Lipinski definition) is 3. The molecule has 0 saturated carbocycles. The van der Waals surface area contributed by atoms with Crippen LogP contribution in [0.4, 0.5) is 0 Å². The van der Waals surface area contributed by atoms with Gasteiger partial charge in [-0.3, -0.25) is 9.79 Å². The molecule has 1 aliphatic rings. The molecule has 0 aromatic heterocycles. The topological polar surface area (TPSA) is 49.7 Å². The minimum absolute atomic E-state index is 0.00509. The van der Waals surface area contributed by atoms with Crippen LogP contribution in [0.1, 0.15) is 20.8 Å². The second-order valence-electron chi connectivity index (χ2n) is 3.84. The Hall–Kier alpha value is -0.510. The van der Waals surface area contributed by atoms with Crippen LogP contribution in [0, 0.1) is 5.41 Å². The zero-order chi connectivity index (χ0) is 9.35. The fraction of sp³-hybridized carbons (Fsp3) is 0.750. The van der Waals surface area contributed by atoms with Crippen LogP contribution in [-0.4, -0.2) is 27.9 Å². The number of hydrogen-bond donors (Lipinski definition) is 1. The van der Waals surface area contributed by atoms with Crippen LogP contribution in [0.5, 0.6) is 0 Å². The Labute approximate surface area is 76.3 Å². The molecule has 1 N–H and O–H groups in total. The zero-order valence-corrected chi connectivity index (χ0v) is 8.31. The van der Waals surface area contributed by atoms with E-state index in [0.717, 1.165) is 5.04 Å². The maximum atomic E-state index is 10.6. The van der Waals surface area contributed by atoms with Crippen molar-refractivity contribution in [2.45, 2.75) is 26.0 Å². The van der Waals surface area contributed by atoms with E-state index in [1.54, 1.807) is 0 Å². The fourth-order valence-corrected chi connectivity index (χ4v) is 1.94. The Morgan fingerprint density at radius 3 is 2.50 bits per heavy atom. The Balaban J connectivity index is 2.61. The zero-order valence-electron chi connectivity index (χ0n) is 7.50. The molecule has 0 aromatic rings. The minimum atomic E-state index is -0.761. The van der Waals surface area contributed by atoms with Gasteiger partial charge in [-0.25, -0.2) is 0 Å². The van der Waals surface area contributed by atoms with Gasteiger partial charge >= 0.3 is 5.97 Å². The summed E-state index contributed by atoms with van der Waals surface area (Å²) in [4.78, 5) is 14.8. The number of thioether (sulfide) groups is 1. The molecule has 0 aliphatic carbocycles. The molecule has 1 unspecified atom stereocenters. The van der Waals surface area contributed by atoms with Crippen LogP contribution in [0.15, 0.2) is 4.99 Å². The molecule has 0 saturated heterocycles. The first-order chi connectivity index (χ1) is 5.41. The number of aliphatic carboxylic acids is 1. The SMILES string of the molecule is CC(C)(C)C1=NCC(C(=O)O)S1. The summed E-state index contributed by atoms with van der Waals surface area (Å²) < 4.78 is 0. The van der Waals surface area contributed by atoms with Crippen molar-refractivity contribution in [1.29, 1.82) is 0 Å². The van der Waals surface area contributed by atoms with E-state index in [1.807, 2.05) is 20.8 Å². The summed E-state index contributed by atoms with van der Waals surface area (Å²) in [5.74, 6) is -0.761. The van der Waals surface area contributed by atoms with Gasteiger partial charge in [-0.15, -0.1) is 0 Å². The van der Waals surface area contributed by atoms with Crippen molar-refractivity contribution in [3.8, 4) is 0 Å². The molecular formula is C8H13NO2S. The number of carbonyl (C=O) groups is 1. The molecule has 0 aromatic carbocycles. The molecule has 1 aliphatic heterocycles. The highest BCUT2D eigenvalue weighted by molar-refractivity contribution is 8.15. The second kappa shape index (κ2) is 3.09. The Bertz CT molecular complexity index is 230. The van der Waals surface area contributed by atoms with Crippen LogP contribution in [0.3, 0.4) is 0 Å². The highest BCUT2D eigenvalue weighted by atomic mass is 32.2. The van der Waals surface area contributed by atoms with Crippen molar-refractivity contribution in [2.24, 2.45) is 10.4 Å². The molecule has 3 nitrogen and oxygen atoms in total. The Morgan fingerprint density at radius 1 is 1.67 bits per heavy atom. The lowest BCUT2D eigenvalue weighted by Gasteiger charge is -2.17. The number of aliphatic imine (C=N–C) groups is 1. The molecule has 0 bridgehead atoms. The summed E-state index contributed by atoms with van der Waals surface area (Å²) in [5.41, 5.74) is -0.00509. The summed E-state index contributed by atoms with van der Waals surface area (Å²) in [6, 6.07) is 0. The van der Waals surface area contributed by atoms with Gasteiger partial charge in [-0.2, -0.15) is 0 Å². The molecule has 4 heteroatoms. The van der Waals surface area contributed by atoms with Crippen molar-refractivity contribution >= 4 is 22.8 Å². The number of carboxylic acid groups (broad SMARTS) is 1. The van der Waals surface area contributed by atoms with Gasteiger partial charge in [0.1, 0.15) is 5.25 Å². The summed E-state index contributed by atoms with van der Waals surface area (Å²) in [7, 11) is 0. The summed E-state index contributed by atoms with van der Waals surface area (Å²) >= 11 is 1.38. The van der Waals surface area contributed by atoms with Gasteiger partial charge in [-0.1, -0.05) is 32.5 Å². The number of carboxylic acids is 1. The lowest BCUT2D eigenvalue weighted by atomic mass is 9.99. The van der Waals surface area contributed by atoms with E-state index in [1.165, 1.54) is 11.8 Å². The first-order valence-electron chi connectivity index (χ1n) is 3.85. The standard InChI is InChI=1S/C8H13NO2S/c1-8(2,3)7-9-4-5(12-7)6(10)11/h5H,4H2,1-3H3,(H,10,11). The second-order valence-corrected chi connectivity index (χ2v) is 5.03. The summed E-state index contributed by atoms with van der Waals surface area (Å²) in [6.07, 6.45) is 0. The lowest BCUT2D eigenvalue weighted by molar-refractivity contribution is -0.136. The molecule has 0 radical (unpaired) electrons. The fourth-order valence-electron chi connectivity index (χ4n) is 0.918. The highest BCUT2D eigenvalue weighted by Crippen LogP contribution is 2.32. The van der Waals surface area contributed by atoms with Gasteiger partial charge in [0, 0.05) is 5.41 Å². The predicted octanol–water partition coefficient (Wildman–Crippen LogP) is 1.63. The first kappa shape index (κ1) is 9.58. The average Bonchev–Trinajstić information content (AvgIpc) is 2.30.